The van der Waals surface area contributed by atoms with Gasteiger partial charge in [-0.1, -0.05) is 6.07 Å². The second-order valence-corrected chi connectivity index (χ2v) is 8.06. The van der Waals surface area contributed by atoms with Crippen molar-refractivity contribution >= 4 is 45.8 Å². The van der Waals surface area contributed by atoms with E-state index in [4.69, 9.17) is 9.98 Å². The van der Waals surface area contributed by atoms with Crippen molar-refractivity contribution in [2.45, 2.75) is 18.9 Å². The average Bonchev–Trinajstić information content (AvgIpc) is 3.31. The first-order valence-corrected chi connectivity index (χ1v) is 10.1. The van der Waals surface area contributed by atoms with E-state index in [1.165, 1.54) is 0 Å². The highest BCUT2D eigenvalue weighted by Gasteiger charge is 2.20. The molecule has 9 nitrogen and oxygen atoms in total. The Hall–Kier alpha value is -3.15. The molecule has 3 heterocycles. The van der Waals surface area contributed by atoms with Crippen LogP contribution in [0.25, 0.3) is 11.7 Å². The number of imidazole rings is 1. The summed E-state index contributed by atoms with van der Waals surface area (Å²) in [6.45, 7) is 0. The van der Waals surface area contributed by atoms with Gasteiger partial charge < -0.3 is 15.4 Å². The summed E-state index contributed by atoms with van der Waals surface area (Å²) in [5.74, 6) is 0.409. The molecular formula is C19H16IN7O2. The minimum Gasteiger partial charge on any atom is -0.493 e. The molecule has 1 aliphatic rings. The lowest BCUT2D eigenvalue weighted by Crippen LogP contribution is -2.19. The van der Waals surface area contributed by atoms with Crippen molar-refractivity contribution in [3.63, 3.8) is 0 Å². The van der Waals surface area contributed by atoms with Crippen LogP contribution in [0.4, 0.5) is 11.5 Å². The predicted molar refractivity (Wildman–Crippen MR) is 116 cm³/mol. The molecule has 0 unspecified atom stereocenters. The van der Waals surface area contributed by atoms with Crippen molar-refractivity contribution in [2.24, 2.45) is 4.99 Å². The highest BCUT2D eigenvalue weighted by atomic mass is 127. The number of aromatic hydroxyl groups is 1. The van der Waals surface area contributed by atoms with Crippen LogP contribution in [0, 0.1) is 3.57 Å². The van der Waals surface area contributed by atoms with Gasteiger partial charge in [0.25, 0.3) is 0 Å². The summed E-state index contributed by atoms with van der Waals surface area (Å²) in [4.78, 5) is 25.7. The van der Waals surface area contributed by atoms with Gasteiger partial charge in [-0.2, -0.15) is 9.61 Å². The van der Waals surface area contributed by atoms with Gasteiger partial charge in [0.15, 0.2) is 11.1 Å². The third kappa shape index (κ3) is 3.75. The first kappa shape index (κ1) is 17.9. The zero-order valence-corrected chi connectivity index (χ0v) is 17.2. The van der Waals surface area contributed by atoms with E-state index in [0.717, 1.165) is 22.1 Å². The van der Waals surface area contributed by atoms with Gasteiger partial charge in [-0.3, -0.25) is 9.98 Å². The summed E-state index contributed by atoms with van der Waals surface area (Å²) in [6, 6.07) is 10.2. The lowest BCUT2D eigenvalue weighted by Gasteiger charge is -2.07. The molecule has 4 aromatic rings. The Kier molecular flexibility index (Phi) is 4.34. The Bertz CT molecular complexity index is 1400. The van der Waals surface area contributed by atoms with Crippen LogP contribution in [0.1, 0.15) is 18.5 Å². The van der Waals surface area contributed by atoms with Crippen molar-refractivity contribution in [1.29, 1.82) is 0 Å². The molecule has 146 valence electrons. The highest BCUT2D eigenvalue weighted by Crippen LogP contribution is 2.23. The maximum Gasteiger partial charge on any atom is 0.326 e. The average molecular weight is 501 g/mol. The second-order valence-electron chi connectivity index (χ2n) is 6.82. The van der Waals surface area contributed by atoms with Gasteiger partial charge in [-0.15, -0.1) is 0 Å². The number of aromatic nitrogens is 5. The first-order chi connectivity index (χ1) is 14.0. The maximum absolute atomic E-state index is 11.4. The molecule has 0 bridgehead atoms. The van der Waals surface area contributed by atoms with E-state index in [0.29, 0.717) is 28.2 Å². The van der Waals surface area contributed by atoms with Gasteiger partial charge >= 0.3 is 5.69 Å². The molecule has 0 spiro atoms. The molecule has 0 aliphatic heterocycles. The van der Waals surface area contributed by atoms with Gasteiger partial charge in [-0.05, 0) is 59.7 Å². The number of fused-ring (bicyclic) bond motifs is 1. The van der Waals surface area contributed by atoms with Gasteiger partial charge in [-0.25, -0.2) is 9.78 Å². The minimum absolute atomic E-state index is 0.231. The van der Waals surface area contributed by atoms with Gasteiger partial charge in [0.05, 0.1) is 12.2 Å². The van der Waals surface area contributed by atoms with Crippen LogP contribution in [0.3, 0.4) is 0 Å². The molecule has 0 saturated heterocycles. The smallest absolute Gasteiger partial charge is 0.326 e. The molecule has 0 atom stereocenters. The molecule has 0 radical (unpaired) electrons. The fourth-order valence-corrected chi connectivity index (χ4v) is 3.52. The van der Waals surface area contributed by atoms with Crippen LogP contribution in [0.15, 0.2) is 46.3 Å². The number of H-pyrrole nitrogens is 2. The Morgan fingerprint density at radius 2 is 2.17 bits per heavy atom. The van der Waals surface area contributed by atoms with Crippen LogP contribution in [-0.4, -0.2) is 35.7 Å². The molecule has 3 aromatic heterocycles. The quantitative estimate of drug-likeness (QED) is 0.315. The molecule has 4 N–H and O–H groups in total. The predicted octanol–water partition coefficient (Wildman–Crippen LogP) is 1.41. The summed E-state index contributed by atoms with van der Waals surface area (Å²) >= 11 is 2.26. The fraction of sp³-hybridized carbons (Fsp3) is 0.158. The summed E-state index contributed by atoms with van der Waals surface area (Å²) < 4.78 is 2.79. The lowest BCUT2D eigenvalue weighted by atomic mass is 10.3. The summed E-state index contributed by atoms with van der Waals surface area (Å²) in [6.07, 6.45) is 5.40. The second kappa shape index (κ2) is 7.03. The van der Waals surface area contributed by atoms with Crippen molar-refractivity contribution in [3.8, 4) is 5.88 Å². The van der Waals surface area contributed by atoms with E-state index in [9.17, 15) is 9.90 Å². The molecule has 1 aliphatic carbocycles. The third-order valence-corrected chi connectivity index (χ3v) is 5.15. The Morgan fingerprint density at radius 1 is 1.31 bits per heavy atom. The number of benzene rings is 1. The maximum atomic E-state index is 11.4. The first-order valence-electron chi connectivity index (χ1n) is 9.03. The number of rotatable bonds is 4. The fourth-order valence-electron chi connectivity index (χ4n) is 2.97. The van der Waals surface area contributed by atoms with Gasteiger partial charge in [0, 0.05) is 20.5 Å². The van der Waals surface area contributed by atoms with E-state index in [-0.39, 0.29) is 11.6 Å². The lowest BCUT2D eigenvalue weighted by molar-refractivity contribution is 0.454. The zero-order chi connectivity index (χ0) is 20.0. The largest absolute Gasteiger partial charge is 0.493 e. The van der Waals surface area contributed by atoms with Crippen LogP contribution in [0.5, 0.6) is 5.88 Å². The number of aromatic amines is 2. The number of anilines is 2. The topological polar surface area (TPSA) is 123 Å². The van der Waals surface area contributed by atoms with Gasteiger partial charge in [0.2, 0.25) is 5.88 Å². The zero-order valence-electron chi connectivity index (χ0n) is 15.1. The highest BCUT2D eigenvalue weighted by molar-refractivity contribution is 14.1. The number of halogens is 1. The number of hydrogen-bond donors (Lipinski definition) is 4. The Balaban J connectivity index is 1.68. The summed E-state index contributed by atoms with van der Waals surface area (Å²) in [5, 5.41) is 18.2. The van der Waals surface area contributed by atoms with E-state index in [2.05, 4.69) is 43.0 Å². The number of hydrogen-bond acceptors (Lipinski definition) is 6. The molecule has 1 aromatic carbocycles. The van der Waals surface area contributed by atoms with E-state index in [1.807, 2.05) is 30.3 Å². The SMILES string of the molecule is O=c1[nH]c(O)c(C=c2cnn3c(=NC4CC4)cc(Nc4cccc(I)c4)nc23)[nH]1. The minimum atomic E-state index is -0.483. The van der Waals surface area contributed by atoms with Crippen LogP contribution in [-0.2, 0) is 0 Å². The summed E-state index contributed by atoms with van der Waals surface area (Å²) in [5.41, 5.74) is 1.98. The van der Waals surface area contributed by atoms with Crippen LogP contribution < -0.4 is 21.7 Å². The monoisotopic (exact) mass is 501 g/mol. The van der Waals surface area contributed by atoms with Crippen LogP contribution >= 0.6 is 22.6 Å². The molecule has 5 rings (SSSR count). The standard InChI is InChI=1S/C19H16IN7O2/c20-11-2-1-3-13(7-11)22-15-8-16(23-12-4-5-12)27-17(25-15)10(9-21-27)6-14-18(28)26-19(29)24-14/h1-3,6-9,12,22,28H,4-5H2,(H2,24,26,29). The molecule has 1 fully saturated rings. The van der Waals surface area contributed by atoms with E-state index >= 15 is 0 Å². The normalized spacial score (nSPS) is 15.3. The number of nitrogens with zero attached hydrogens (tertiary/aromatic N) is 4. The van der Waals surface area contributed by atoms with Crippen molar-refractivity contribution < 1.29 is 5.11 Å². The van der Waals surface area contributed by atoms with Crippen molar-refractivity contribution in [3.05, 3.63) is 67.0 Å². The molecule has 1 saturated carbocycles. The Morgan fingerprint density at radius 3 is 2.90 bits per heavy atom. The molecule has 10 heteroatoms. The van der Waals surface area contributed by atoms with E-state index in [1.54, 1.807) is 16.8 Å². The Labute approximate surface area is 177 Å². The molecule has 29 heavy (non-hydrogen) atoms. The molecular weight excluding hydrogens is 485 g/mol. The summed E-state index contributed by atoms with van der Waals surface area (Å²) in [7, 11) is 0. The number of nitrogens with one attached hydrogen (secondary N) is 3. The third-order valence-electron chi connectivity index (χ3n) is 4.47. The molecule has 0 amide bonds. The van der Waals surface area contributed by atoms with Gasteiger partial charge in [0.1, 0.15) is 11.5 Å². The van der Waals surface area contributed by atoms with Crippen molar-refractivity contribution in [2.75, 3.05) is 5.32 Å². The van der Waals surface area contributed by atoms with E-state index < -0.39 is 5.69 Å². The van der Waals surface area contributed by atoms with Crippen molar-refractivity contribution in [1.82, 2.24) is 24.6 Å². The van der Waals surface area contributed by atoms with Crippen LogP contribution in [0.2, 0.25) is 0 Å².